The summed E-state index contributed by atoms with van der Waals surface area (Å²) in [7, 11) is 0. The van der Waals surface area contributed by atoms with E-state index >= 15 is 0 Å². The average Bonchev–Trinajstić information content (AvgIpc) is 2.47. The van der Waals surface area contributed by atoms with E-state index in [0.29, 0.717) is 12.1 Å². The van der Waals surface area contributed by atoms with E-state index in [9.17, 15) is 8.78 Å². The minimum absolute atomic E-state index is 0.331. The van der Waals surface area contributed by atoms with Crippen molar-refractivity contribution < 1.29 is 8.78 Å². The molecule has 2 rings (SSSR count). The van der Waals surface area contributed by atoms with Crippen molar-refractivity contribution >= 4 is 0 Å². The number of aryl methyl sites for hydroxylation is 1. The van der Waals surface area contributed by atoms with Crippen molar-refractivity contribution in [1.82, 2.24) is 5.32 Å². The van der Waals surface area contributed by atoms with E-state index in [0.717, 1.165) is 18.1 Å². The Morgan fingerprint density at radius 2 is 1.85 bits per heavy atom. The number of halogens is 2. The first-order chi connectivity index (χ1) is 9.65. The molecule has 0 radical (unpaired) electrons. The van der Waals surface area contributed by atoms with Gasteiger partial charge in [0, 0.05) is 5.56 Å². The van der Waals surface area contributed by atoms with Crippen LogP contribution >= 0.6 is 0 Å². The SMILES string of the molecule is CCNC(c1cccc(CC)c1)c1cc(F)ccc1F. The lowest BCUT2D eigenvalue weighted by Gasteiger charge is -2.20. The van der Waals surface area contributed by atoms with Crippen LogP contribution in [0.1, 0.15) is 36.6 Å². The summed E-state index contributed by atoms with van der Waals surface area (Å²) in [6.45, 7) is 4.70. The second-order valence-electron chi connectivity index (χ2n) is 4.76. The lowest BCUT2D eigenvalue weighted by Crippen LogP contribution is -2.23. The molecular formula is C17H19F2N. The zero-order chi connectivity index (χ0) is 14.5. The van der Waals surface area contributed by atoms with Crippen LogP contribution in [0.3, 0.4) is 0 Å². The summed E-state index contributed by atoms with van der Waals surface area (Å²) in [4.78, 5) is 0. The van der Waals surface area contributed by atoms with Gasteiger partial charge in [-0.1, -0.05) is 38.1 Å². The van der Waals surface area contributed by atoms with Crippen molar-refractivity contribution in [3.63, 3.8) is 0 Å². The maximum atomic E-state index is 14.0. The van der Waals surface area contributed by atoms with Crippen LogP contribution in [-0.2, 0) is 6.42 Å². The molecule has 1 atom stereocenters. The van der Waals surface area contributed by atoms with Crippen LogP contribution in [-0.4, -0.2) is 6.54 Å². The minimum Gasteiger partial charge on any atom is -0.306 e. The molecular weight excluding hydrogens is 256 g/mol. The maximum Gasteiger partial charge on any atom is 0.128 e. The molecule has 0 aliphatic rings. The van der Waals surface area contributed by atoms with Crippen LogP contribution < -0.4 is 5.32 Å². The highest BCUT2D eigenvalue weighted by atomic mass is 19.1. The third-order valence-corrected chi connectivity index (χ3v) is 3.37. The largest absolute Gasteiger partial charge is 0.306 e. The molecule has 2 aromatic rings. The molecule has 0 bridgehead atoms. The molecule has 0 heterocycles. The second-order valence-corrected chi connectivity index (χ2v) is 4.76. The first-order valence-corrected chi connectivity index (χ1v) is 6.92. The van der Waals surface area contributed by atoms with E-state index in [-0.39, 0.29) is 11.9 Å². The average molecular weight is 275 g/mol. The number of benzene rings is 2. The third kappa shape index (κ3) is 3.23. The summed E-state index contributed by atoms with van der Waals surface area (Å²) in [5.74, 6) is -0.810. The van der Waals surface area contributed by atoms with Crippen LogP contribution in [0.4, 0.5) is 8.78 Å². The molecule has 0 saturated carbocycles. The highest BCUT2D eigenvalue weighted by Gasteiger charge is 2.18. The first-order valence-electron chi connectivity index (χ1n) is 6.92. The number of nitrogens with one attached hydrogen (secondary N) is 1. The summed E-state index contributed by atoms with van der Waals surface area (Å²) in [6, 6.07) is 11.2. The van der Waals surface area contributed by atoms with E-state index in [2.05, 4.69) is 12.2 Å². The van der Waals surface area contributed by atoms with E-state index in [1.165, 1.54) is 17.7 Å². The molecule has 0 saturated heterocycles. The summed E-state index contributed by atoms with van der Waals surface area (Å²) >= 11 is 0. The quantitative estimate of drug-likeness (QED) is 0.861. The van der Waals surface area contributed by atoms with E-state index in [4.69, 9.17) is 0 Å². The Labute approximate surface area is 118 Å². The van der Waals surface area contributed by atoms with E-state index < -0.39 is 5.82 Å². The van der Waals surface area contributed by atoms with Gasteiger partial charge in [-0.2, -0.15) is 0 Å². The van der Waals surface area contributed by atoms with E-state index in [1.807, 2.05) is 31.2 Å². The van der Waals surface area contributed by atoms with Gasteiger partial charge in [0.2, 0.25) is 0 Å². The van der Waals surface area contributed by atoms with Crippen LogP contribution in [0.15, 0.2) is 42.5 Å². The van der Waals surface area contributed by atoms with Crippen LogP contribution in [0.2, 0.25) is 0 Å². The van der Waals surface area contributed by atoms with Gasteiger partial charge >= 0.3 is 0 Å². The normalized spacial score (nSPS) is 12.4. The zero-order valence-corrected chi connectivity index (χ0v) is 11.8. The fourth-order valence-electron chi connectivity index (χ4n) is 2.34. The molecule has 3 heteroatoms. The summed E-state index contributed by atoms with van der Waals surface area (Å²) in [5.41, 5.74) is 2.48. The molecule has 0 aliphatic heterocycles. The summed E-state index contributed by atoms with van der Waals surface area (Å²) in [6.07, 6.45) is 0.915. The molecule has 2 aromatic carbocycles. The second kappa shape index (κ2) is 6.62. The van der Waals surface area contributed by atoms with Gasteiger partial charge in [0.05, 0.1) is 6.04 Å². The Morgan fingerprint density at radius 1 is 1.05 bits per heavy atom. The van der Waals surface area contributed by atoms with Gasteiger partial charge in [0.15, 0.2) is 0 Å². The summed E-state index contributed by atoms with van der Waals surface area (Å²) in [5, 5.41) is 3.23. The molecule has 0 aromatic heterocycles. The summed E-state index contributed by atoms with van der Waals surface area (Å²) < 4.78 is 27.4. The smallest absolute Gasteiger partial charge is 0.128 e. The van der Waals surface area contributed by atoms with Crippen molar-refractivity contribution in [2.24, 2.45) is 0 Å². The monoisotopic (exact) mass is 275 g/mol. The highest BCUT2D eigenvalue weighted by Crippen LogP contribution is 2.26. The molecule has 0 aliphatic carbocycles. The molecule has 0 amide bonds. The fraction of sp³-hybridized carbons (Fsp3) is 0.294. The van der Waals surface area contributed by atoms with Gasteiger partial charge < -0.3 is 5.32 Å². The predicted molar refractivity (Wildman–Crippen MR) is 77.7 cm³/mol. The Bertz CT molecular complexity index is 581. The van der Waals surface area contributed by atoms with E-state index in [1.54, 1.807) is 0 Å². The predicted octanol–water partition coefficient (Wildman–Crippen LogP) is 4.23. The van der Waals surface area contributed by atoms with Gasteiger partial charge in [0.1, 0.15) is 11.6 Å². The van der Waals surface area contributed by atoms with Crippen molar-refractivity contribution in [3.8, 4) is 0 Å². The molecule has 1 N–H and O–H groups in total. The van der Waals surface area contributed by atoms with Crippen molar-refractivity contribution in [3.05, 3.63) is 70.8 Å². The van der Waals surface area contributed by atoms with Gasteiger partial charge in [-0.3, -0.25) is 0 Å². The first kappa shape index (κ1) is 14.7. The third-order valence-electron chi connectivity index (χ3n) is 3.37. The molecule has 20 heavy (non-hydrogen) atoms. The lowest BCUT2D eigenvalue weighted by molar-refractivity contribution is 0.544. The fourth-order valence-corrected chi connectivity index (χ4v) is 2.34. The Balaban J connectivity index is 2.46. The minimum atomic E-state index is -0.420. The standard InChI is InChI=1S/C17H19F2N/c1-3-12-6-5-7-13(10-12)17(20-4-2)15-11-14(18)8-9-16(15)19/h5-11,17,20H,3-4H2,1-2H3. The van der Waals surface area contributed by atoms with Crippen molar-refractivity contribution in [2.45, 2.75) is 26.3 Å². The molecule has 0 fully saturated rings. The molecule has 106 valence electrons. The lowest BCUT2D eigenvalue weighted by atomic mass is 9.96. The van der Waals surface area contributed by atoms with Gasteiger partial charge in [-0.25, -0.2) is 8.78 Å². The Morgan fingerprint density at radius 3 is 2.55 bits per heavy atom. The zero-order valence-electron chi connectivity index (χ0n) is 11.8. The number of rotatable bonds is 5. The van der Waals surface area contributed by atoms with Crippen molar-refractivity contribution in [1.29, 1.82) is 0 Å². The van der Waals surface area contributed by atoms with Gasteiger partial charge in [-0.15, -0.1) is 0 Å². The topological polar surface area (TPSA) is 12.0 Å². The van der Waals surface area contributed by atoms with Gasteiger partial charge in [-0.05, 0) is 42.3 Å². The van der Waals surface area contributed by atoms with Crippen LogP contribution in [0.5, 0.6) is 0 Å². The number of hydrogen-bond donors (Lipinski definition) is 1. The number of hydrogen-bond acceptors (Lipinski definition) is 1. The Hall–Kier alpha value is -1.74. The van der Waals surface area contributed by atoms with Gasteiger partial charge in [0.25, 0.3) is 0 Å². The van der Waals surface area contributed by atoms with Crippen LogP contribution in [0, 0.1) is 11.6 Å². The van der Waals surface area contributed by atoms with Crippen LogP contribution in [0.25, 0.3) is 0 Å². The van der Waals surface area contributed by atoms with Crippen molar-refractivity contribution in [2.75, 3.05) is 6.54 Å². The highest BCUT2D eigenvalue weighted by molar-refractivity contribution is 5.35. The Kier molecular flexibility index (Phi) is 4.85. The maximum absolute atomic E-state index is 14.0. The molecule has 1 nitrogen and oxygen atoms in total. The molecule has 1 unspecified atom stereocenters. The molecule has 0 spiro atoms.